The monoisotopic (exact) mass is 264 g/mol. The SMILES string of the molecule is CN(CC1CC(O)C1)c1c(F)c(F)nc(F)c1F. The fourth-order valence-electron chi connectivity index (χ4n) is 2.14. The molecule has 2 rings (SSSR count). The van der Waals surface area contributed by atoms with Crippen LogP contribution in [0.15, 0.2) is 0 Å². The fourth-order valence-corrected chi connectivity index (χ4v) is 2.14. The quantitative estimate of drug-likeness (QED) is 0.668. The lowest BCUT2D eigenvalue weighted by Gasteiger charge is -2.35. The van der Waals surface area contributed by atoms with Crippen LogP contribution in [0.1, 0.15) is 12.8 Å². The molecule has 0 aromatic carbocycles. The molecule has 1 N–H and O–H groups in total. The first-order valence-electron chi connectivity index (χ1n) is 5.49. The lowest BCUT2D eigenvalue weighted by atomic mass is 9.82. The fraction of sp³-hybridized carbons (Fsp3) is 0.545. The van der Waals surface area contributed by atoms with E-state index in [2.05, 4.69) is 4.98 Å². The maximum atomic E-state index is 13.4. The minimum Gasteiger partial charge on any atom is -0.393 e. The molecule has 0 unspecified atom stereocenters. The van der Waals surface area contributed by atoms with Gasteiger partial charge in [0, 0.05) is 13.6 Å². The molecule has 1 aliphatic carbocycles. The molecule has 100 valence electrons. The van der Waals surface area contributed by atoms with Crippen LogP contribution in [0.3, 0.4) is 0 Å². The summed E-state index contributed by atoms with van der Waals surface area (Å²) < 4.78 is 52.6. The van der Waals surface area contributed by atoms with Crippen molar-refractivity contribution in [3.05, 3.63) is 23.5 Å². The molecule has 0 amide bonds. The summed E-state index contributed by atoms with van der Waals surface area (Å²) in [5, 5.41) is 9.10. The molecule has 0 saturated heterocycles. The first-order chi connectivity index (χ1) is 8.40. The van der Waals surface area contributed by atoms with Crippen molar-refractivity contribution in [2.45, 2.75) is 18.9 Å². The van der Waals surface area contributed by atoms with Gasteiger partial charge in [0.15, 0.2) is 0 Å². The van der Waals surface area contributed by atoms with Crippen LogP contribution in [0.2, 0.25) is 0 Å². The van der Waals surface area contributed by atoms with E-state index in [1.165, 1.54) is 7.05 Å². The predicted molar refractivity (Wildman–Crippen MR) is 56.1 cm³/mol. The van der Waals surface area contributed by atoms with E-state index in [0.717, 1.165) is 4.90 Å². The van der Waals surface area contributed by atoms with Crippen LogP contribution in [0.4, 0.5) is 23.2 Å². The van der Waals surface area contributed by atoms with Crippen LogP contribution in [0.5, 0.6) is 0 Å². The highest BCUT2D eigenvalue weighted by Gasteiger charge is 2.30. The van der Waals surface area contributed by atoms with E-state index in [-0.39, 0.29) is 12.5 Å². The summed E-state index contributed by atoms with van der Waals surface area (Å²) in [6.45, 7) is 0.216. The molecule has 0 aliphatic heterocycles. The van der Waals surface area contributed by atoms with Crippen LogP contribution >= 0.6 is 0 Å². The van der Waals surface area contributed by atoms with Crippen molar-refractivity contribution < 1.29 is 22.7 Å². The molecule has 1 heterocycles. The summed E-state index contributed by atoms with van der Waals surface area (Å²) >= 11 is 0. The second-order valence-corrected chi connectivity index (χ2v) is 4.54. The largest absolute Gasteiger partial charge is 0.393 e. The molecule has 0 atom stereocenters. The summed E-state index contributed by atoms with van der Waals surface area (Å²) in [5.41, 5.74) is -0.763. The Morgan fingerprint density at radius 3 is 2.11 bits per heavy atom. The molecule has 0 spiro atoms. The molecular weight excluding hydrogens is 252 g/mol. The zero-order valence-electron chi connectivity index (χ0n) is 9.63. The van der Waals surface area contributed by atoms with E-state index < -0.39 is 35.3 Å². The van der Waals surface area contributed by atoms with Crippen LogP contribution in [0.25, 0.3) is 0 Å². The lowest BCUT2D eigenvalue weighted by Crippen LogP contribution is -2.37. The van der Waals surface area contributed by atoms with Crippen LogP contribution in [-0.4, -0.2) is 29.8 Å². The molecule has 0 bridgehead atoms. The highest BCUT2D eigenvalue weighted by molar-refractivity contribution is 5.47. The standard InChI is InChI=1S/C11H12F4N2O/c1-17(4-5-2-6(18)3-5)9-7(12)10(14)16-11(15)8(9)13/h5-6,18H,2-4H2,1H3. The Hall–Kier alpha value is -1.37. The van der Waals surface area contributed by atoms with Gasteiger partial charge in [-0.25, -0.2) is 0 Å². The maximum Gasteiger partial charge on any atom is 0.253 e. The van der Waals surface area contributed by atoms with Crippen molar-refractivity contribution in [2.24, 2.45) is 5.92 Å². The highest BCUT2D eigenvalue weighted by atomic mass is 19.2. The van der Waals surface area contributed by atoms with Crippen molar-refractivity contribution in [3.8, 4) is 0 Å². The third-order valence-electron chi connectivity index (χ3n) is 3.10. The first-order valence-corrected chi connectivity index (χ1v) is 5.49. The van der Waals surface area contributed by atoms with Crippen molar-refractivity contribution in [1.82, 2.24) is 4.98 Å². The average Bonchev–Trinajstić information content (AvgIpc) is 2.25. The molecule has 1 aliphatic rings. The maximum absolute atomic E-state index is 13.4. The smallest absolute Gasteiger partial charge is 0.253 e. The molecule has 1 fully saturated rings. The van der Waals surface area contributed by atoms with E-state index in [1.807, 2.05) is 0 Å². The summed E-state index contributed by atoms with van der Waals surface area (Å²) in [6, 6.07) is 0. The summed E-state index contributed by atoms with van der Waals surface area (Å²) in [5.74, 6) is -6.27. The van der Waals surface area contributed by atoms with E-state index >= 15 is 0 Å². The van der Waals surface area contributed by atoms with E-state index in [1.54, 1.807) is 0 Å². The normalized spacial score (nSPS) is 22.8. The van der Waals surface area contributed by atoms with Crippen molar-refractivity contribution in [2.75, 3.05) is 18.5 Å². The molecule has 1 aromatic rings. The first kappa shape index (κ1) is 13.1. The second-order valence-electron chi connectivity index (χ2n) is 4.54. The van der Waals surface area contributed by atoms with Crippen molar-refractivity contribution in [1.29, 1.82) is 0 Å². The highest BCUT2D eigenvalue weighted by Crippen LogP contribution is 2.31. The number of anilines is 1. The van der Waals surface area contributed by atoms with Crippen LogP contribution in [0, 0.1) is 29.4 Å². The number of aliphatic hydroxyl groups is 1. The Morgan fingerprint density at radius 1 is 1.17 bits per heavy atom. The van der Waals surface area contributed by atoms with Gasteiger partial charge in [-0.15, -0.1) is 0 Å². The van der Waals surface area contributed by atoms with Gasteiger partial charge in [-0.05, 0) is 18.8 Å². The zero-order chi connectivity index (χ0) is 13.4. The summed E-state index contributed by atoms with van der Waals surface area (Å²) in [7, 11) is 1.34. The molecule has 3 nitrogen and oxygen atoms in total. The Balaban J connectivity index is 2.21. The van der Waals surface area contributed by atoms with Gasteiger partial charge >= 0.3 is 0 Å². The molecule has 1 aromatic heterocycles. The number of hydrogen-bond acceptors (Lipinski definition) is 3. The topological polar surface area (TPSA) is 36.4 Å². The minimum atomic E-state index is -1.66. The van der Waals surface area contributed by atoms with Gasteiger partial charge in [0.2, 0.25) is 11.6 Å². The summed E-state index contributed by atoms with van der Waals surface area (Å²) in [6.07, 6.45) is 0.636. The van der Waals surface area contributed by atoms with Crippen LogP contribution < -0.4 is 4.90 Å². The number of aliphatic hydroxyl groups excluding tert-OH is 1. The van der Waals surface area contributed by atoms with Crippen molar-refractivity contribution in [3.63, 3.8) is 0 Å². The third kappa shape index (κ3) is 2.27. The van der Waals surface area contributed by atoms with Gasteiger partial charge in [0.25, 0.3) is 11.9 Å². The van der Waals surface area contributed by atoms with Gasteiger partial charge in [-0.3, -0.25) is 0 Å². The molecule has 7 heteroatoms. The zero-order valence-corrected chi connectivity index (χ0v) is 9.63. The number of nitrogens with zero attached hydrogens (tertiary/aromatic N) is 2. The molecule has 18 heavy (non-hydrogen) atoms. The Kier molecular flexibility index (Phi) is 3.43. The van der Waals surface area contributed by atoms with E-state index in [0.29, 0.717) is 12.8 Å². The van der Waals surface area contributed by atoms with Gasteiger partial charge in [-0.2, -0.15) is 22.5 Å². The number of aromatic nitrogens is 1. The van der Waals surface area contributed by atoms with E-state index in [4.69, 9.17) is 5.11 Å². The number of pyridine rings is 1. The van der Waals surface area contributed by atoms with Crippen molar-refractivity contribution >= 4 is 5.69 Å². The van der Waals surface area contributed by atoms with Gasteiger partial charge < -0.3 is 10.0 Å². The molecular formula is C11H12F4N2O. The van der Waals surface area contributed by atoms with E-state index in [9.17, 15) is 17.6 Å². The lowest BCUT2D eigenvalue weighted by molar-refractivity contribution is 0.0463. The number of rotatable bonds is 3. The van der Waals surface area contributed by atoms with Gasteiger partial charge in [0.1, 0.15) is 5.69 Å². The second kappa shape index (κ2) is 4.72. The minimum absolute atomic E-state index is 0.0584. The number of halogens is 4. The predicted octanol–water partition coefficient (Wildman–Crippen LogP) is 1.85. The van der Waals surface area contributed by atoms with Gasteiger partial charge in [-0.1, -0.05) is 0 Å². The molecule has 0 radical (unpaired) electrons. The summed E-state index contributed by atoms with van der Waals surface area (Å²) in [4.78, 5) is 3.60. The Bertz CT molecular complexity index is 437. The van der Waals surface area contributed by atoms with Crippen LogP contribution in [-0.2, 0) is 0 Å². The molecule has 1 saturated carbocycles. The third-order valence-corrected chi connectivity index (χ3v) is 3.10. The Labute approximate surface area is 101 Å². The number of hydrogen-bond donors (Lipinski definition) is 1. The van der Waals surface area contributed by atoms with Gasteiger partial charge in [0.05, 0.1) is 6.10 Å². The Morgan fingerprint density at radius 2 is 1.67 bits per heavy atom. The average molecular weight is 264 g/mol.